The number of benzene rings is 1. The summed E-state index contributed by atoms with van der Waals surface area (Å²) in [5, 5.41) is 14.5. The van der Waals surface area contributed by atoms with Gasteiger partial charge in [0.25, 0.3) is 0 Å². The normalized spacial score (nSPS) is 18.1. The molecule has 1 aromatic rings. The van der Waals surface area contributed by atoms with Crippen molar-refractivity contribution in [1.29, 1.82) is 5.26 Å². The van der Waals surface area contributed by atoms with E-state index in [2.05, 4.69) is 15.4 Å². The Kier molecular flexibility index (Phi) is 5.45. The van der Waals surface area contributed by atoms with Gasteiger partial charge in [-0.2, -0.15) is 5.26 Å². The molecule has 1 aromatic carbocycles. The van der Waals surface area contributed by atoms with Crippen molar-refractivity contribution in [3.05, 3.63) is 29.3 Å². The van der Waals surface area contributed by atoms with Crippen LogP contribution in [0, 0.1) is 17.2 Å². The number of hydrogen-bond donors (Lipinski definition) is 2. The molecule has 8 heteroatoms. The SMILES string of the molecule is N#Cc1ccc(CNC(=O)[C@@H]2CCCNC2)c(OC(F)(F)F)c1. The van der Waals surface area contributed by atoms with Gasteiger partial charge in [0.1, 0.15) is 5.75 Å². The van der Waals surface area contributed by atoms with Crippen LogP contribution in [-0.2, 0) is 11.3 Å². The molecule has 124 valence electrons. The second kappa shape index (κ2) is 7.33. The molecule has 23 heavy (non-hydrogen) atoms. The molecule has 1 aliphatic heterocycles. The highest BCUT2D eigenvalue weighted by atomic mass is 19.4. The van der Waals surface area contributed by atoms with Gasteiger partial charge in [-0.1, -0.05) is 6.07 Å². The fourth-order valence-corrected chi connectivity index (χ4v) is 2.39. The van der Waals surface area contributed by atoms with Crippen LogP contribution in [0.5, 0.6) is 5.75 Å². The predicted molar refractivity (Wildman–Crippen MR) is 75.3 cm³/mol. The topological polar surface area (TPSA) is 74.2 Å². The van der Waals surface area contributed by atoms with E-state index in [9.17, 15) is 18.0 Å². The first kappa shape index (κ1) is 17.1. The number of hydrogen-bond acceptors (Lipinski definition) is 4. The molecule has 1 fully saturated rings. The molecule has 0 saturated carbocycles. The Morgan fingerprint density at radius 1 is 1.48 bits per heavy atom. The molecule has 2 N–H and O–H groups in total. The molecule has 0 radical (unpaired) electrons. The number of alkyl halides is 3. The summed E-state index contributed by atoms with van der Waals surface area (Å²) in [5.74, 6) is -0.868. The van der Waals surface area contributed by atoms with Crippen molar-refractivity contribution >= 4 is 5.91 Å². The average molecular weight is 327 g/mol. The fraction of sp³-hybridized carbons (Fsp3) is 0.467. The molecular formula is C15H16F3N3O2. The van der Waals surface area contributed by atoms with E-state index in [-0.39, 0.29) is 29.5 Å². The number of nitriles is 1. The van der Waals surface area contributed by atoms with Crippen LogP contribution in [0.3, 0.4) is 0 Å². The van der Waals surface area contributed by atoms with Gasteiger partial charge in [-0.05, 0) is 31.5 Å². The van der Waals surface area contributed by atoms with Crippen molar-refractivity contribution in [2.24, 2.45) is 5.92 Å². The van der Waals surface area contributed by atoms with Crippen LogP contribution in [0.2, 0.25) is 0 Å². The van der Waals surface area contributed by atoms with Gasteiger partial charge in [0.15, 0.2) is 0 Å². The first-order chi connectivity index (χ1) is 10.9. The monoisotopic (exact) mass is 327 g/mol. The van der Waals surface area contributed by atoms with Gasteiger partial charge in [-0.25, -0.2) is 0 Å². The van der Waals surface area contributed by atoms with Crippen LogP contribution in [0.4, 0.5) is 13.2 Å². The minimum Gasteiger partial charge on any atom is -0.405 e. The summed E-state index contributed by atoms with van der Waals surface area (Å²) in [6.07, 6.45) is -3.23. The summed E-state index contributed by atoms with van der Waals surface area (Å²) in [6.45, 7) is 1.33. The maximum Gasteiger partial charge on any atom is 0.573 e. The third-order valence-electron chi connectivity index (χ3n) is 3.54. The van der Waals surface area contributed by atoms with Crippen LogP contribution >= 0.6 is 0 Å². The van der Waals surface area contributed by atoms with E-state index >= 15 is 0 Å². The lowest BCUT2D eigenvalue weighted by Crippen LogP contribution is -2.40. The second-order valence-electron chi connectivity index (χ2n) is 5.24. The summed E-state index contributed by atoms with van der Waals surface area (Å²) in [7, 11) is 0. The number of carbonyl (C=O) groups excluding carboxylic acids is 1. The van der Waals surface area contributed by atoms with Crippen molar-refractivity contribution in [2.45, 2.75) is 25.7 Å². The van der Waals surface area contributed by atoms with E-state index in [0.717, 1.165) is 25.5 Å². The lowest BCUT2D eigenvalue weighted by molar-refractivity contribution is -0.274. The lowest BCUT2D eigenvalue weighted by Gasteiger charge is -2.22. The van der Waals surface area contributed by atoms with Crippen LogP contribution in [-0.4, -0.2) is 25.4 Å². The van der Waals surface area contributed by atoms with Crippen molar-refractivity contribution in [1.82, 2.24) is 10.6 Å². The van der Waals surface area contributed by atoms with E-state index in [1.54, 1.807) is 6.07 Å². The average Bonchev–Trinajstić information content (AvgIpc) is 2.52. The number of rotatable bonds is 4. The van der Waals surface area contributed by atoms with Crippen molar-refractivity contribution < 1.29 is 22.7 Å². The number of carbonyl (C=O) groups is 1. The van der Waals surface area contributed by atoms with E-state index in [1.807, 2.05) is 0 Å². The third kappa shape index (κ3) is 5.14. The molecule has 0 bridgehead atoms. The zero-order valence-electron chi connectivity index (χ0n) is 12.2. The Morgan fingerprint density at radius 2 is 2.26 bits per heavy atom. The molecule has 0 unspecified atom stereocenters. The summed E-state index contributed by atoms with van der Waals surface area (Å²) in [5.41, 5.74) is 0.217. The highest BCUT2D eigenvalue weighted by molar-refractivity contribution is 5.79. The Morgan fingerprint density at radius 3 is 2.87 bits per heavy atom. The van der Waals surface area contributed by atoms with Gasteiger partial charge in [-0.3, -0.25) is 4.79 Å². The molecule has 5 nitrogen and oxygen atoms in total. The van der Waals surface area contributed by atoms with E-state index in [4.69, 9.17) is 5.26 Å². The molecule has 0 spiro atoms. The molecule has 0 aliphatic carbocycles. The number of nitrogens with zero attached hydrogens (tertiary/aromatic N) is 1. The minimum atomic E-state index is -4.86. The zero-order valence-corrected chi connectivity index (χ0v) is 12.2. The van der Waals surface area contributed by atoms with Crippen LogP contribution < -0.4 is 15.4 Å². The standard InChI is InChI=1S/C15H16F3N3O2/c16-15(17,18)23-13-6-10(7-19)3-4-11(13)9-21-14(22)12-2-1-5-20-8-12/h3-4,6,12,20H,1-2,5,8-9H2,(H,21,22)/t12-/m1/s1. The first-order valence-corrected chi connectivity index (χ1v) is 7.16. The number of ether oxygens (including phenoxy) is 1. The highest BCUT2D eigenvalue weighted by Gasteiger charge is 2.32. The van der Waals surface area contributed by atoms with Gasteiger partial charge in [0, 0.05) is 18.7 Å². The number of nitrogens with one attached hydrogen (secondary N) is 2. The highest BCUT2D eigenvalue weighted by Crippen LogP contribution is 2.27. The summed E-state index contributed by atoms with van der Waals surface area (Å²) < 4.78 is 41.3. The Labute approximate surface area is 131 Å². The molecule has 1 aliphatic rings. The maximum absolute atomic E-state index is 12.4. The number of piperidine rings is 1. The third-order valence-corrected chi connectivity index (χ3v) is 3.54. The van der Waals surface area contributed by atoms with E-state index in [1.165, 1.54) is 12.1 Å². The van der Waals surface area contributed by atoms with Gasteiger partial charge in [0.05, 0.1) is 17.6 Å². The molecule has 1 heterocycles. The first-order valence-electron chi connectivity index (χ1n) is 7.16. The lowest BCUT2D eigenvalue weighted by atomic mass is 9.99. The number of halogens is 3. The van der Waals surface area contributed by atoms with E-state index in [0.29, 0.717) is 6.54 Å². The smallest absolute Gasteiger partial charge is 0.405 e. The molecule has 2 rings (SSSR count). The maximum atomic E-state index is 12.4. The van der Waals surface area contributed by atoms with Crippen LogP contribution in [0.1, 0.15) is 24.0 Å². The largest absolute Gasteiger partial charge is 0.573 e. The van der Waals surface area contributed by atoms with Crippen molar-refractivity contribution in [2.75, 3.05) is 13.1 Å². The van der Waals surface area contributed by atoms with Crippen LogP contribution in [0.15, 0.2) is 18.2 Å². The molecule has 0 aromatic heterocycles. The zero-order chi connectivity index (χ0) is 16.9. The fourth-order valence-electron chi connectivity index (χ4n) is 2.39. The van der Waals surface area contributed by atoms with Crippen molar-refractivity contribution in [3.63, 3.8) is 0 Å². The van der Waals surface area contributed by atoms with Gasteiger partial charge >= 0.3 is 6.36 Å². The Bertz CT molecular complexity index is 605. The van der Waals surface area contributed by atoms with Crippen LogP contribution in [0.25, 0.3) is 0 Å². The van der Waals surface area contributed by atoms with Gasteiger partial charge in [-0.15, -0.1) is 13.2 Å². The van der Waals surface area contributed by atoms with Gasteiger partial charge in [0.2, 0.25) is 5.91 Å². The minimum absolute atomic E-state index is 0.0517. The molecular weight excluding hydrogens is 311 g/mol. The summed E-state index contributed by atoms with van der Waals surface area (Å²) in [4.78, 5) is 12.0. The number of amides is 1. The predicted octanol–water partition coefficient (Wildman–Crippen LogP) is 2.07. The van der Waals surface area contributed by atoms with E-state index < -0.39 is 12.1 Å². The van der Waals surface area contributed by atoms with Gasteiger partial charge < -0.3 is 15.4 Å². The molecule has 1 saturated heterocycles. The quantitative estimate of drug-likeness (QED) is 0.888. The Balaban J connectivity index is 2.06. The molecule has 1 amide bonds. The van der Waals surface area contributed by atoms with Crippen molar-refractivity contribution in [3.8, 4) is 11.8 Å². The molecule has 1 atom stereocenters. The Hall–Kier alpha value is -2.27. The summed E-state index contributed by atoms with van der Waals surface area (Å²) in [6, 6.07) is 5.49. The summed E-state index contributed by atoms with van der Waals surface area (Å²) >= 11 is 0. The second-order valence-corrected chi connectivity index (χ2v) is 5.24.